The molecule has 1 saturated heterocycles. The fraction of sp³-hybridized carbons (Fsp3) is 0.348. The average Bonchev–Trinajstić information content (AvgIpc) is 3.50. The first-order valence-corrected chi connectivity index (χ1v) is 11.0. The number of fused-ring (bicyclic) bond motifs is 1. The number of aryl methyl sites for hydroxylation is 2. The van der Waals surface area contributed by atoms with Gasteiger partial charge < -0.3 is 19.5 Å². The SMILES string of the molecule is CCn1c(-c2cnc(C)nc2)nc2c(NC3CCN(c4ccccn4)C3)ncnc21.COC=O. The number of carbonyl (C=O) groups is 1. The summed E-state index contributed by atoms with van der Waals surface area (Å²) in [5, 5.41) is 3.58. The number of hydrogen-bond acceptors (Lipinski definition) is 10. The molecule has 1 unspecified atom stereocenters. The first-order valence-electron chi connectivity index (χ1n) is 11.0. The van der Waals surface area contributed by atoms with Crippen molar-refractivity contribution in [3.8, 4) is 11.4 Å². The molecular weight excluding hydrogens is 434 g/mol. The summed E-state index contributed by atoms with van der Waals surface area (Å²) in [5.41, 5.74) is 2.45. The molecule has 4 aromatic rings. The number of imidazole rings is 1. The second-order valence-electron chi connectivity index (χ2n) is 7.69. The Morgan fingerprint density at radius 3 is 2.65 bits per heavy atom. The van der Waals surface area contributed by atoms with Crippen molar-refractivity contribution in [3.05, 3.63) is 48.9 Å². The molecule has 0 aromatic carbocycles. The largest absolute Gasteiger partial charge is 0.471 e. The highest BCUT2D eigenvalue weighted by atomic mass is 16.5. The molecule has 0 aliphatic carbocycles. The van der Waals surface area contributed by atoms with Crippen molar-refractivity contribution in [2.75, 3.05) is 30.4 Å². The van der Waals surface area contributed by atoms with Crippen molar-refractivity contribution in [2.24, 2.45) is 0 Å². The molecule has 4 aromatic heterocycles. The van der Waals surface area contributed by atoms with Crippen LogP contribution in [0.3, 0.4) is 0 Å². The van der Waals surface area contributed by atoms with Gasteiger partial charge in [-0.25, -0.2) is 29.9 Å². The number of anilines is 2. The first kappa shape index (κ1) is 23.0. The number of hydrogen-bond donors (Lipinski definition) is 1. The van der Waals surface area contributed by atoms with E-state index in [1.807, 2.05) is 31.3 Å². The van der Waals surface area contributed by atoms with Gasteiger partial charge in [-0.2, -0.15) is 0 Å². The number of carbonyl (C=O) groups excluding carboxylic acids is 1. The van der Waals surface area contributed by atoms with Crippen molar-refractivity contribution in [1.29, 1.82) is 0 Å². The van der Waals surface area contributed by atoms with Gasteiger partial charge in [0.1, 0.15) is 23.8 Å². The van der Waals surface area contributed by atoms with Crippen LogP contribution in [0.4, 0.5) is 11.6 Å². The van der Waals surface area contributed by atoms with Gasteiger partial charge in [0, 0.05) is 44.3 Å². The normalized spacial score (nSPS) is 15.0. The van der Waals surface area contributed by atoms with E-state index in [2.05, 4.69) is 51.4 Å². The minimum atomic E-state index is 0.267. The molecule has 176 valence electrons. The summed E-state index contributed by atoms with van der Waals surface area (Å²) in [6.45, 7) is 6.90. The van der Waals surface area contributed by atoms with Gasteiger partial charge in [0.15, 0.2) is 17.0 Å². The van der Waals surface area contributed by atoms with Crippen LogP contribution in [-0.4, -0.2) is 67.2 Å². The van der Waals surface area contributed by atoms with Crippen LogP contribution < -0.4 is 10.2 Å². The number of rotatable bonds is 6. The molecule has 34 heavy (non-hydrogen) atoms. The van der Waals surface area contributed by atoms with Crippen LogP contribution in [-0.2, 0) is 16.1 Å². The van der Waals surface area contributed by atoms with E-state index in [1.54, 1.807) is 18.7 Å². The molecule has 1 aliphatic heterocycles. The minimum absolute atomic E-state index is 0.267. The van der Waals surface area contributed by atoms with Crippen LogP contribution >= 0.6 is 0 Å². The van der Waals surface area contributed by atoms with E-state index >= 15 is 0 Å². The summed E-state index contributed by atoms with van der Waals surface area (Å²) in [4.78, 5) is 38.2. The smallest absolute Gasteiger partial charge is 0.292 e. The fourth-order valence-corrected chi connectivity index (χ4v) is 3.89. The van der Waals surface area contributed by atoms with Gasteiger partial charge in [-0.1, -0.05) is 6.07 Å². The average molecular weight is 462 g/mol. The number of aromatic nitrogens is 7. The van der Waals surface area contributed by atoms with Crippen molar-refractivity contribution in [1.82, 2.24) is 34.5 Å². The van der Waals surface area contributed by atoms with E-state index in [1.165, 1.54) is 7.11 Å². The van der Waals surface area contributed by atoms with E-state index in [4.69, 9.17) is 9.78 Å². The zero-order valence-corrected chi connectivity index (χ0v) is 19.4. The summed E-state index contributed by atoms with van der Waals surface area (Å²) < 4.78 is 5.94. The lowest BCUT2D eigenvalue weighted by molar-refractivity contribution is -0.126. The van der Waals surface area contributed by atoms with Crippen molar-refractivity contribution < 1.29 is 9.53 Å². The maximum absolute atomic E-state index is 8.95. The Hall–Kier alpha value is -4.15. The predicted molar refractivity (Wildman–Crippen MR) is 128 cm³/mol. The zero-order chi connectivity index (χ0) is 23.9. The Bertz CT molecular complexity index is 1230. The van der Waals surface area contributed by atoms with Gasteiger partial charge in [0.2, 0.25) is 0 Å². The third kappa shape index (κ3) is 4.92. The second-order valence-corrected chi connectivity index (χ2v) is 7.69. The molecule has 11 heteroatoms. The van der Waals surface area contributed by atoms with Crippen LogP contribution in [0, 0.1) is 6.92 Å². The van der Waals surface area contributed by atoms with Gasteiger partial charge >= 0.3 is 0 Å². The monoisotopic (exact) mass is 461 g/mol. The summed E-state index contributed by atoms with van der Waals surface area (Å²) >= 11 is 0. The van der Waals surface area contributed by atoms with E-state index in [9.17, 15) is 0 Å². The molecule has 0 spiro atoms. The number of nitrogens with one attached hydrogen (secondary N) is 1. The molecule has 1 aliphatic rings. The number of methoxy groups -OCH3 is 1. The Labute approximate surface area is 197 Å². The number of nitrogens with zero attached hydrogens (tertiary/aromatic N) is 8. The molecule has 0 saturated carbocycles. The molecule has 0 bridgehead atoms. The van der Waals surface area contributed by atoms with Gasteiger partial charge in [0.25, 0.3) is 6.47 Å². The highest BCUT2D eigenvalue weighted by Gasteiger charge is 2.25. The van der Waals surface area contributed by atoms with E-state index in [-0.39, 0.29) is 6.04 Å². The second kappa shape index (κ2) is 10.6. The van der Waals surface area contributed by atoms with Gasteiger partial charge in [0.05, 0.1) is 12.7 Å². The number of ether oxygens (including phenoxy) is 1. The topological polar surface area (TPSA) is 124 Å². The third-order valence-electron chi connectivity index (χ3n) is 5.49. The lowest BCUT2D eigenvalue weighted by Crippen LogP contribution is -2.27. The Kier molecular flexibility index (Phi) is 7.21. The molecule has 1 fully saturated rings. The maximum atomic E-state index is 8.95. The van der Waals surface area contributed by atoms with Crippen LogP contribution in [0.5, 0.6) is 0 Å². The van der Waals surface area contributed by atoms with Crippen LogP contribution in [0.1, 0.15) is 19.2 Å². The lowest BCUT2D eigenvalue weighted by atomic mass is 10.2. The lowest BCUT2D eigenvalue weighted by Gasteiger charge is -2.18. The molecule has 0 amide bonds. The molecule has 1 atom stereocenters. The quantitative estimate of drug-likeness (QED) is 0.428. The predicted octanol–water partition coefficient (Wildman–Crippen LogP) is 2.49. The minimum Gasteiger partial charge on any atom is -0.471 e. The maximum Gasteiger partial charge on any atom is 0.292 e. The van der Waals surface area contributed by atoms with Crippen molar-refractivity contribution in [3.63, 3.8) is 0 Å². The van der Waals surface area contributed by atoms with Crippen molar-refractivity contribution in [2.45, 2.75) is 32.9 Å². The van der Waals surface area contributed by atoms with Crippen LogP contribution in [0.25, 0.3) is 22.6 Å². The number of pyridine rings is 1. The van der Waals surface area contributed by atoms with Crippen LogP contribution in [0.2, 0.25) is 0 Å². The van der Waals surface area contributed by atoms with E-state index in [0.29, 0.717) is 6.47 Å². The third-order valence-corrected chi connectivity index (χ3v) is 5.49. The Morgan fingerprint density at radius 2 is 1.97 bits per heavy atom. The molecule has 5 heterocycles. The van der Waals surface area contributed by atoms with Gasteiger partial charge in [-0.05, 0) is 32.4 Å². The molecule has 1 N–H and O–H groups in total. The van der Waals surface area contributed by atoms with E-state index < -0.39 is 0 Å². The fourth-order valence-electron chi connectivity index (χ4n) is 3.89. The summed E-state index contributed by atoms with van der Waals surface area (Å²) in [7, 11) is 1.31. The summed E-state index contributed by atoms with van der Waals surface area (Å²) in [6, 6.07) is 6.27. The van der Waals surface area contributed by atoms with Gasteiger partial charge in [-0.15, -0.1) is 0 Å². The Morgan fingerprint density at radius 1 is 1.18 bits per heavy atom. The summed E-state index contributed by atoms with van der Waals surface area (Å²) in [5.74, 6) is 3.30. The van der Waals surface area contributed by atoms with Crippen molar-refractivity contribution >= 4 is 29.3 Å². The summed E-state index contributed by atoms with van der Waals surface area (Å²) in [6.07, 6.45) is 8.04. The highest BCUT2D eigenvalue weighted by Crippen LogP contribution is 2.28. The first-order chi connectivity index (χ1) is 16.6. The van der Waals surface area contributed by atoms with Gasteiger partial charge in [-0.3, -0.25) is 4.79 Å². The molecule has 0 radical (unpaired) electrons. The molecule has 5 rings (SSSR count). The Balaban J connectivity index is 0.000000636. The standard InChI is InChI=1S/C21H23N9.C2H4O2/c1-3-30-20(15-10-23-14(2)24-11-15)28-18-19(25-13-26-21(18)30)27-16-7-9-29(12-16)17-6-4-5-8-22-17;1-4-2-3/h4-6,8,10-11,13,16H,3,7,9,12H2,1-2H3,(H,25,26,27);2H,1H3. The highest BCUT2D eigenvalue weighted by molar-refractivity contribution is 5.86. The zero-order valence-electron chi connectivity index (χ0n) is 19.4. The van der Waals surface area contributed by atoms with Crippen LogP contribution in [0.15, 0.2) is 43.1 Å². The van der Waals surface area contributed by atoms with E-state index in [0.717, 1.165) is 66.1 Å². The molecular formula is C23H27N9O2. The molecule has 11 nitrogen and oxygen atoms in total.